The SMILES string of the molecule is CN1CCC(CN(C)Cc2ccc(C(=O)NN)cc2)C1. The minimum Gasteiger partial charge on any atom is -0.306 e. The molecule has 1 atom stereocenters. The molecule has 1 aromatic rings. The van der Waals surface area contributed by atoms with Crippen LogP contribution >= 0.6 is 0 Å². The third kappa shape index (κ3) is 4.03. The lowest BCUT2D eigenvalue weighted by Crippen LogP contribution is -2.30. The summed E-state index contributed by atoms with van der Waals surface area (Å²) in [7, 11) is 4.33. The maximum absolute atomic E-state index is 11.4. The van der Waals surface area contributed by atoms with Crippen molar-refractivity contribution in [3.63, 3.8) is 0 Å². The van der Waals surface area contributed by atoms with Gasteiger partial charge in [-0.3, -0.25) is 10.2 Å². The average Bonchev–Trinajstić information content (AvgIpc) is 2.84. The molecule has 0 spiro atoms. The van der Waals surface area contributed by atoms with Gasteiger partial charge in [0.2, 0.25) is 0 Å². The first kappa shape index (κ1) is 15.0. The summed E-state index contributed by atoms with van der Waals surface area (Å²) < 4.78 is 0. The molecule has 2 rings (SSSR count). The topological polar surface area (TPSA) is 61.6 Å². The molecule has 0 aromatic heterocycles. The number of likely N-dealkylation sites (tertiary alicyclic amines) is 1. The van der Waals surface area contributed by atoms with Crippen molar-refractivity contribution in [3.05, 3.63) is 35.4 Å². The number of hydrogen-bond donors (Lipinski definition) is 2. The number of nitrogens with zero attached hydrogens (tertiary/aromatic N) is 2. The van der Waals surface area contributed by atoms with Gasteiger partial charge in [-0.05, 0) is 50.7 Å². The molecule has 1 fully saturated rings. The molecule has 0 radical (unpaired) electrons. The van der Waals surface area contributed by atoms with Crippen molar-refractivity contribution in [2.24, 2.45) is 11.8 Å². The molecule has 0 saturated carbocycles. The monoisotopic (exact) mass is 276 g/mol. The molecule has 20 heavy (non-hydrogen) atoms. The molecule has 110 valence electrons. The van der Waals surface area contributed by atoms with Gasteiger partial charge in [0.05, 0.1) is 0 Å². The number of nitrogens with two attached hydrogens (primary N) is 1. The maximum Gasteiger partial charge on any atom is 0.265 e. The van der Waals surface area contributed by atoms with Gasteiger partial charge in [0, 0.05) is 25.2 Å². The lowest BCUT2D eigenvalue weighted by atomic mass is 10.1. The van der Waals surface area contributed by atoms with Crippen LogP contribution in [0.15, 0.2) is 24.3 Å². The molecule has 5 heteroatoms. The van der Waals surface area contributed by atoms with Gasteiger partial charge in [-0.25, -0.2) is 5.84 Å². The summed E-state index contributed by atoms with van der Waals surface area (Å²) >= 11 is 0. The van der Waals surface area contributed by atoms with Crippen molar-refractivity contribution in [2.75, 3.05) is 33.7 Å². The van der Waals surface area contributed by atoms with Crippen LogP contribution in [0.5, 0.6) is 0 Å². The van der Waals surface area contributed by atoms with E-state index < -0.39 is 0 Å². The molecule has 3 N–H and O–H groups in total. The van der Waals surface area contributed by atoms with E-state index in [1.165, 1.54) is 25.1 Å². The van der Waals surface area contributed by atoms with Crippen LogP contribution in [-0.4, -0.2) is 49.4 Å². The van der Waals surface area contributed by atoms with Crippen LogP contribution in [0.1, 0.15) is 22.3 Å². The van der Waals surface area contributed by atoms with Crippen LogP contribution in [0, 0.1) is 5.92 Å². The van der Waals surface area contributed by atoms with E-state index >= 15 is 0 Å². The van der Waals surface area contributed by atoms with Crippen molar-refractivity contribution in [2.45, 2.75) is 13.0 Å². The number of rotatable bonds is 5. The van der Waals surface area contributed by atoms with E-state index in [1.54, 1.807) is 0 Å². The Bertz CT molecular complexity index is 446. The highest BCUT2D eigenvalue weighted by Crippen LogP contribution is 2.16. The molecular weight excluding hydrogens is 252 g/mol. The largest absolute Gasteiger partial charge is 0.306 e. The van der Waals surface area contributed by atoms with Crippen LogP contribution in [0.4, 0.5) is 0 Å². The van der Waals surface area contributed by atoms with Gasteiger partial charge in [0.1, 0.15) is 0 Å². The Kier molecular flexibility index (Phi) is 5.11. The van der Waals surface area contributed by atoms with E-state index in [9.17, 15) is 4.79 Å². The Labute approximate surface area is 120 Å². The van der Waals surface area contributed by atoms with E-state index in [1.807, 2.05) is 24.3 Å². The first-order valence-electron chi connectivity index (χ1n) is 7.05. The van der Waals surface area contributed by atoms with Crippen LogP contribution in [0.2, 0.25) is 0 Å². The second kappa shape index (κ2) is 6.83. The van der Waals surface area contributed by atoms with Crippen molar-refractivity contribution >= 4 is 5.91 Å². The Morgan fingerprint density at radius 1 is 1.45 bits per heavy atom. The van der Waals surface area contributed by atoms with Gasteiger partial charge in [0.25, 0.3) is 5.91 Å². The summed E-state index contributed by atoms with van der Waals surface area (Å²) in [6, 6.07) is 7.60. The Balaban J connectivity index is 1.84. The minimum absolute atomic E-state index is 0.251. The molecule has 1 saturated heterocycles. The lowest BCUT2D eigenvalue weighted by molar-refractivity contribution is 0.0953. The summed E-state index contributed by atoms with van der Waals surface area (Å²) in [6.07, 6.45) is 1.29. The lowest BCUT2D eigenvalue weighted by Gasteiger charge is -2.21. The molecular formula is C15H24N4O. The molecule has 0 aliphatic carbocycles. The second-order valence-electron chi connectivity index (χ2n) is 5.78. The summed E-state index contributed by atoms with van der Waals surface area (Å²) in [5.41, 5.74) is 3.95. The zero-order chi connectivity index (χ0) is 14.5. The fraction of sp³-hybridized carbons (Fsp3) is 0.533. The zero-order valence-electron chi connectivity index (χ0n) is 12.3. The zero-order valence-corrected chi connectivity index (χ0v) is 12.3. The van der Waals surface area contributed by atoms with Crippen LogP contribution in [0.3, 0.4) is 0 Å². The third-order valence-electron chi connectivity index (χ3n) is 3.86. The molecule has 5 nitrogen and oxygen atoms in total. The number of hydrazine groups is 1. The predicted molar refractivity (Wildman–Crippen MR) is 80.0 cm³/mol. The van der Waals surface area contributed by atoms with Gasteiger partial charge >= 0.3 is 0 Å². The maximum atomic E-state index is 11.4. The summed E-state index contributed by atoms with van der Waals surface area (Å²) in [6.45, 7) is 4.43. The fourth-order valence-corrected chi connectivity index (χ4v) is 2.84. The van der Waals surface area contributed by atoms with Crippen LogP contribution < -0.4 is 11.3 Å². The Morgan fingerprint density at radius 2 is 2.15 bits per heavy atom. The Hall–Kier alpha value is -1.43. The number of nitrogen functional groups attached to an aromatic ring is 1. The third-order valence-corrected chi connectivity index (χ3v) is 3.86. The van der Waals surface area contributed by atoms with E-state index in [-0.39, 0.29) is 5.91 Å². The first-order chi connectivity index (χ1) is 9.58. The highest BCUT2D eigenvalue weighted by Gasteiger charge is 2.20. The molecule has 1 aliphatic heterocycles. The van der Waals surface area contributed by atoms with Crippen LogP contribution in [0.25, 0.3) is 0 Å². The second-order valence-corrected chi connectivity index (χ2v) is 5.78. The quantitative estimate of drug-likeness (QED) is 0.471. The number of amides is 1. The highest BCUT2D eigenvalue weighted by molar-refractivity contribution is 5.93. The molecule has 1 aliphatic rings. The van der Waals surface area contributed by atoms with E-state index in [0.717, 1.165) is 19.0 Å². The van der Waals surface area contributed by atoms with Crippen molar-refractivity contribution in [1.29, 1.82) is 0 Å². The van der Waals surface area contributed by atoms with E-state index in [0.29, 0.717) is 5.56 Å². The van der Waals surface area contributed by atoms with Gasteiger partial charge in [0.15, 0.2) is 0 Å². The van der Waals surface area contributed by atoms with Crippen molar-refractivity contribution in [3.8, 4) is 0 Å². The van der Waals surface area contributed by atoms with Gasteiger partial charge in [-0.1, -0.05) is 12.1 Å². The van der Waals surface area contributed by atoms with Crippen molar-refractivity contribution in [1.82, 2.24) is 15.2 Å². The fourth-order valence-electron chi connectivity index (χ4n) is 2.84. The van der Waals surface area contributed by atoms with Crippen molar-refractivity contribution < 1.29 is 4.79 Å². The number of carbonyl (C=O) groups is 1. The predicted octanol–water partition coefficient (Wildman–Crippen LogP) is 0.674. The molecule has 0 bridgehead atoms. The first-order valence-corrected chi connectivity index (χ1v) is 7.05. The standard InChI is InChI=1S/C15H24N4O/c1-18-8-7-13(10-18)11-19(2)9-12-3-5-14(6-4-12)15(20)17-16/h3-6,13H,7-11,16H2,1-2H3,(H,17,20). The summed E-state index contributed by atoms with van der Waals surface area (Å²) in [5.74, 6) is 5.63. The van der Waals surface area contributed by atoms with Gasteiger partial charge in [-0.15, -0.1) is 0 Å². The Morgan fingerprint density at radius 3 is 2.70 bits per heavy atom. The van der Waals surface area contributed by atoms with Gasteiger partial charge in [-0.2, -0.15) is 0 Å². The summed E-state index contributed by atoms with van der Waals surface area (Å²) in [5, 5.41) is 0. The van der Waals surface area contributed by atoms with Crippen LogP contribution in [-0.2, 0) is 6.54 Å². The van der Waals surface area contributed by atoms with E-state index in [2.05, 4.69) is 29.3 Å². The van der Waals surface area contributed by atoms with Gasteiger partial charge < -0.3 is 9.80 Å². The van der Waals surface area contributed by atoms with E-state index in [4.69, 9.17) is 5.84 Å². The smallest absolute Gasteiger partial charge is 0.265 e. The molecule has 1 aromatic carbocycles. The number of benzene rings is 1. The normalized spacial score (nSPS) is 19.5. The highest BCUT2D eigenvalue weighted by atomic mass is 16.2. The molecule has 1 heterocycles. The molecule has 1 amide bonds. The summed E-state index contributed by atoms with van der Waals surface area (Å²) in [4.78, 5) is 16.1. The number of carbonyl (C=O) groups excluding carboxylic acids is 1. The minimum atomic E-state index is -0.251. The average molecular weight is 276 g/mol. The number of nitrogens with one attached hydrogen (secondary N) is 1. The molecule has 1 unspecified atom stereocenters. The number of hydrogen-bond acceptors (Lipinski definition) is 4.